The fourth-order valence-corrected chi connectivity index (χ4v) is 1.14. The molecule has 0 aliphatic heterocycles. The number of nitrogens with one attached hydrogen (secondary N) is 1. The van der Waals surface area contributed by atoms with Crippen LogP contribution in [0.2, 0.25) is 0 Å². The van der Waals surface area contributed by atoms with Crippen molar-refractivity contribution in [1.82, 2.24) is 5.32 Å². The Balaban J connectivity index is 2.63. The van der Waals surface area contributed by atoms with Crippen molar-refractivity contribution >= 4 is 0 Å². The zero-order chi connectivity index (χ0) is 8.97. The Morgan fingerprint density at radius 1 is 1.50 bits per heavy atom. The molecular formula is C10H15NO. The highest BCUT2D eigenvalue weighted by Gasteiger charge is 2.00. The van der Waals surface area contributed by atoms with Crippen molar-refractivity contribution in [2.45, 2.75) is 19.4 Å². The van der Waals surface area contributed by atoms with E-state index in [0.29, 0.717) is 11.8 Å². The maximum absolute atomic E-state index is 9.18. The van der Waals surface area contributed by atoms with E-state index in [0.717, 1.165) is 12.0 Å². The third-order valence-corrected chi connectivity index (χ3v) is 1.95. The Hall–Kier alpha value is -1.02. The molecule has 1 rings (SSSR count). The summed E-state index contributed by atoms with van der Waals surface area (Å²) in [6.07, 6.45) is 0.949. The van der Waals surface area contributed by atoms with Gasteiger partial charge in [0.15, 0.2) is 0 Å². The lowest BCUT2D eigenvalue weighted by Crippen LogP contribution is -2.23. The average Bonchev–Trinajstić information content (AvgIpc) is 2.04. The zero-order valence-electron chi connectivity index (χ0n) is 7.54. The summed E-state index contributed by atoms with van der Waals surface area (Å²) < 4.78 is 0. The van der Waals surface area contributed by atoms with Crippen LogP contribution in [0.15, 0.2) is 24.3 Å². The van der Waals surface area contributed by atoms with Crippen molar-refractivity contribution in [1.29, 1.82) is 0 Å². The van der Waals surface area contributed by atoms with E-state index in [1.807, 2.05) is 19.2 Å². The van der Waals surface area contributed by atoms with Crippen LogP contribution < -0.4 is 5.32 Å². The maximum atomic E-state index is 9.18. The molecule has 1 atom stereocenters. The van der Waals surface area contributed by atoms with Crippen LogP contribution in [-0.2, 0) is 6.42 Å². The quantitative estimate of drug-likeness (QED) is 0.712. The Morgan fingerprint density at radius 3 is 2.83 bits per heavy atom. The lowest BCUT2D eigenvalue weighted by atomic mass is 10.1. The molecule has 0 bridgehead atoms. The maximum Gasteiger partial charge on any atom is 0.115 e. The van der Waals surface area contributed by atoms with Crippen molar-refractivity contribution < 1.29 is 5.11 Å². The van der Waals surface area contributed by atoms with Gasteiger partial charge in [-0.25, -0.2) is 0 Å². The molecule has 2 heteroatoms. The van der Waals surface area contributed by atoms with E-state index in [9.17, 15) is 5.11 Å². The van der Waals surface area contributed by atoms with Crippen molar-refractivity contribution in [3.8, 4) is 5.75 Å². The molecule has 2 nitrogen and oxygen atoms in total. The number of hydrogen-bond acceptors (Lipinski definition) is 2. The van der Waals surface area contributed by atoms with E-state index >= 15 is 0 Å². The lowest BCUT2D eigenvalue weighted by Gasteiger charge is -2.09. The molecule has 0 aliphatic carbocycles. The van der Waals surface area contributed by atoms with Gasteiger partial charge in [0.25, 0.3) is 0 Å². The number of phenols is 1. The summed E-state index contributed by atoms with van der Waals surface area (Å²) in [5.41, 5.74) is 1.16. The first-order valence-electron chi connectivity index (χ1n) is 4.17. The molecule has 12 heavy (non-hydrogen) atoms. The molecule has 0 amide bonds. The minimum atomic E-state index is 0.343. The second-order valence-corrected chi connectivity index (χ2v) is 3.06. The van der Waals surface area contributed by atoms with E-state index in [4.69, 9.17) is 0 Å². The van der Waals surface area contributed by atoms with E-state index < -0.39 is 0 Å². The van der Waals surface area contributed by atoms with Gasteiger partial charge in [0.2, 0.25) is 0 Å². The highest BCUT2D eigenvalue weighted by atomic mass is 16.3. The van der Waals surface area contributed by atoms with Crippen LogP contribution >= 0.6 is 0 Å². The molecule has 1 aromatic rings. The minimum absolute atomic E-state index is 0.343. The molecule has 1 aromatic carbocycles. The number of hydrogen-bond donors (Lipinski definition) is 2. The molecule has 0 radical (unpaired) electrons. The van der Waals surface area contributed by atoms with Crippen LogP contribution in [0.4, 0.5) is 0 Å². The number of likely N-dealkylation sites (N-methyl/N-ethyl adjacent to an activating group) is 1. The predicted octanol–water partition coefficient (Wildman–Crippen LogP) is 1.54. The zero-order valence-corrected chi connectivity index (χ0v) is 7.54. The molecule has 0 saturated heterocycles. The second-order valence-electron chi connectivity index (χ2n) is 3.06. The molecule has 0 aliphatic rings. The Bertz CT molecular complexity index is 247. The van der Waals surface area contributed by atoms with Gasteiger partial charge < -0.3 is 10.4 Å². The summed E-state index contributed by atoms with van der Waals surface area (Å²) in [6.45, 7) is 2.12. The van der Waals surface area contributed by atoms with Gasteiger partial charge in [-0.2, -0.15) is 0 Å². The second kappa shape index (κ2) is 4.12. The van der Waals surface area contributed by atoms with E-state index in [1.165, 1.54) is 0 Å². The molecule has 0 fully saturated rings. The molecule has 66 valence electrons. The van der Waals surface area contributed by atoms with Crippen molar-refractivity contribution in [2.24, 2.45) is 0 Å². The average molecular weight is 165 g/mol. The van der Waals surface area contributed by atoms with Crippen molar-refractivity contribution in [3.05, 3.63) is 29.8 Å². The van der Waals surface area contributed by atoms with E-state index in [2.05, 4.69) is 12.2 Å². The topological polar surface area (TPSA) is 32.3 Å². The van der Waals surface area contributed by atoms with Crippen LogP contribution in [0, 0.1) is 0 Å². The van der Waals surface area contributed by atoms with Gasteiger partial charge >= 0.3 is 0 Å². The number of benzene rings is 1. The van der Waals surface area contributed by atoms with Gasteiger partial charge in [-0.3, -0.25) is 0 Å². The summed E-state index contributed by atoms with van der Waals surface area (Å²) in [4.78, 5) is 0. The molecule has 2 N–H and O–H groups in total. The highest BCUT2D eigenvalue weighted by molar-refractivity contribution is 5.27. The van der Waals surface area contributed by atoms with Crippen LogP contribution in [-0.4, -0.2) is 18.2 Å². The van der Waals surface area contributed by atoms with Crippen LogP contribution in [0.1, 0.15) is 12.5 Å². The number of aromatic hydroxyl groups is 1. The van der Waals surface area contributed by atoms with Crippen LogP contribution in [0.5, 0.6) is 5.75 Å². The first-order chi connectivity index (χ1) is 5.72. The normalized spacial score (nSPS) is 12.8. The van der Waals surface area contributed by atoms with Crippen molar-refractivity contribution in [3.63, 3.8) is 0 Å². The van der Waals surface area contributed by atoms with Gasteiger partial charge in [0.05, 0.1) is 0 Å². The number of phenolic OH excluding ortho intramolecular Hbond substituents is 1. The first-order valence-corrected chi connectivity index (χ1v) is 4.17. The van der Waals surface area contributed by atoms with Crippen LogP contribution in [0.3, 0.4) is 0 Å². The molecule has 0 saturated carbocycles. The summed E-state index contributed by atoms with van der Waals surface area (Å²) in [6, 6.07) is 7.83. The fraction of sp³-hybridized carbons (Fsp3) is 0.400. The number of rotatable bonds is 3. The molecular weight excluding hydrogens is 150 g/mol. The standard InChI is InChI=1S/C10H15NO/c1-8(11-2)6-9-4-3-5-10(12)7-9/h3-5,7-8,11-12H,6H2,1-2H3. The van der Waals surface area contributed by atoms with E-state index in [1.54, 1.807) is 12.1 Å². The smallest absolute Gasteiger partial charge is 0.115 e. The fourth-order valence-electron chi connectivity index (χ4n) is 1.14. The third-order valence-electron chi connectivity index (χ3n) is 1.95. The monoisotopic (exact) mass is 165 g/mol. The van der Waals surface area contributed by atoms with Gasteiger partial charge in [-0.05, 0) is 38.1 Å². The molecule has 0 heterocycles. The highest BCUT2D eigenvalue weighted by Crippen LogP contribution is 2.12. The predicted molar refractivity (Wildman–Crippen MR) is 50.3 cm³/mol. The first kappa shape index (κ1) is 9.07. The minimum Gasteiger partial charge on any atom is -0.508 e. The van der Waals surface area contributed by atoms with Crippen LogP contribution in [0.25, 0.3) is 0 Å². The van der Waals surface area contributed by atoms with E-state index in [-0.39, 0.29) is 0 Å². The molecule has 0 spiro atoms. The molecule has 1 unspecified atom stereocenters. The lowest BCUT2D eigenvalue weighted by molar-refractivity contribution is 0.474. The Labute approximate surface area is 73.2 Å². The largest absolute Gasteiger partial charge is 0.508 e. The summed E-state index contributed by atoms with van der Waals surface area (Å²) >= 11 is 0. The Morgan fingerprint density at radius 2 is 2.25 bits per heavy atom. The summed E-state index contributed by atoms with van der Waals surface area (Å²) in [5, 5.41) is 12.3. The molecule has 0 aromatic heterocycles. The Kier molecular flexibility index (Phi) is 3.11. The van der Waals surface area contributed by atoms with Gasteiger partial charge in [-0.15, -0.1) is 0 Å². The van der Waals surface area contributed by atoms with Crippen molar-refractivity contribution in [2.75, 3.05) is 7.05 Å². The van der Waals surface area contributed by atoms with Gasteiger partial charge in [0, 0.05) is 6.04 Å². The van der Waals surface area contributed by atoms with Gasteiger partial charge in [0.1, 0.15) is 5.75 Å². The SMILES string of the molecule is CNC(C)Cc1cccc(O)c1. The van der Waals surface area contributed by atoms with Gasteiger partial charge in [-0.1, -0.05) is 12.1 Å². The summed E-state index contributed by atoms with van der Waals surface area (Å²) in [5.74, 6) is 0.343. The summed E-state index contributed by atoms with van der Waals surface area (Å²) in [7, 11) is 1.94. The third kappa shape index (κ3) is 2.55.